The first-order valence-corrected chi connectivity index (χ1v) is 9.60. The molecular formula is C18H22N4OS. The quantitative estimate of drug-likeness (QED) is 0.833. The van der Waals surface area contributed by atoms with Crippen LogP contribution in [0.1, 0.15) is 54.6 Å². The largest absolute Gasteiger partial charge is 0.338 e. The molecule has 2 aromatic heterocycles. The summed E-state index contributed by atoms with van der Waals surface area (Å²) in [5, 5.41) is 0.708. The fourth-order valence-corrected chi connectivity index (χ4v) is 4.86. The monoisotopic (exact) mass is 342 g/mol. The molecule has 3 heterocycles. The fraction of sp³-hybridized carbons (Fsp3) is 0.556. The third-order valence-electron chi connectivity index (χ3n) is 5.50. The second kappa shape index (κ2) is 6.59. The van der Waals surface area contributed by atoms with E-state index < -0.39 is 0 Å². The van der Waals surface area contributed by atoms with Crippen molar-refractivity contribution in [2.24, 2.45) is 5.41 Å². The topological polar surface area (TPSA) is 59.0 Å². The molecule has 0 bridgehead atoms. The zero-order valence-corrected chi connectivity index (χ0v) is 14.6. The minimum absolute atomic E-state index is 0.111. The van der Waals surface area contributed by atoms with Crippen molar-refractivity contribution in [3.8, 4) is 10.8 Å². The Morgan fingerprint density at radius 1 is 1.00 bits per heavy atom. The van der Waals surface area contributed by atoms with Crippen molar-refractivity contribution in [1.29, 1.82) is 0 Å². The van der Waals surface area contributed by atoms with Gasteiger partial charge in [0.25, 0.3) is 5.91 Å². The van der Waals surface area contributed by atoms with Crippen molar-refractivity contribution in [3.63, 3.8) is 0 Å². The molecule has 1 saturated heterocycles. The predicted molar refractivity (Wildman–Crippen MR) is 93.8 cm³/mol. The van der Waals surface area contributed by atoms with E-state index in [0.29, 0.717) is 21.1 Å². The highest BCUT2D eigenvalue weighted by Crippen LogP contribution is 2.44. The van der Waals surface area contributed by atoms with E-state index >= 15 is 0 Å². The van der Waals surface area contributed by atoms with E-state index in [1.807, 2.05) is 4.90 Å². The van der Waals surface area contributed by atoms with Gasteiger partial charge in [0.2, 0.25) is 0 Å². The van der Waals surface area contributed by atoms with Crippen molar-refractivity contribution in [2.75, 3.05) is 13.1 Å². The molecule has 126 valence electrons. The minimum atomic E-state index is 0.111. The van der Waals surface area contributed by atoms with Crippen LogP contribution in [0.3, 0.4) is 0 Å². The van der Waals surface area contributed by atoms with Gasteiger partial charge in [0.15, 0.2) is 10.8 Å². The molecule has 1 aliphatic carbocycles. The zero-order chi connectivity index (χ0) is 16.4. The van der Waals surface area contributed by atoms with Crippen molar-refractivity contribution in [2.45, 2.75) is 44.9 Å². The van der Waals surface area contributed by atoms with E-state index in [1.165, 1.54) is 43.4 Å². The molecule has 2 aliphatic rings. The summed E-state index contributed by atoms with van der Waals surface area (Å²) in [7, 11) is 0. The van der Waals surface area contributed by atoms with Crippen molar-refractivity contribution >= 4 is 17.2 Å². The molecule has 0 radical (unpaired) electrons. The Kier molecular flexibility index (Phi) is 4.31. The molecular weight excluding hydrogens is 320 g/mol. The summed E-state index contributed by atoms with van der Waals surface area (Å²) < 4.78 is 0. The zero-order valence-electron chi connectivity index (χ0n) is 13.8. The van der Waals surface area contributed by atoms with Gasteiger partial charge >= 0.3 is 0 Å². The molecule has 0 aromatic carbocycles. The number of hydrogen-bond acceptors (Lipinski definition) is 5. The van der Waals surface area contributed by atoms with Crippen LogP contribution in [0.5, 0.6) is 0 Å². The van der Waals surface area contributed by atoms with Crippen molar-refractivity contribution in [3.05, 3.63) is 29.5 Å². The number of rotatable bonds is 2. The lowest BCUT2D eigenvalue weighted by atomic mass is 9.68. The van der Waals surface area contributed by atoms with E-state index in [0.717, 1.165) is 25.9 Å². The molecule has 1 saturated carbocycles. The predicted octanol–water partition coefficient (Wildman–Crippen LogP) is 3.79. The van der Waals surface area contributed by atoms with Crippen LogP contribution in [0, 0.1) is 5.41 Å². The molecule has 5 nitrogen and oxygen atoms in total. The summed E-state index contributed by atoms with van der Waals surface area (Å²) in [5.41, 5.74) is 0.520. The highest BCUT2D eigenvalue weighted by atomic mass is 32.1. The van der Waals surface area contributed by atoms with Crippen LogP contribution in [0.2, 0.25) is 0 Å². The second-order valence-electron chi connectivity index (χ2n) is 6.95. The first kappa shape index (κ1) is 15.7. The van der Waals surface area contributed by atoms with Crippen molar-refractivity contribution in [1.82, 2.24) is 19.9 Å². The molecule has 1 spiro atoms. The van der Waals surface area contributed by atoms with Gasteiger partial charge in [-0.1, -0.05) is 19.3 Å². The Balaban J connectivity index is 1.43. The van der Waals surface area contributed by atoms with Gasteiger partial charge in [0.05, 0.1) is 6.20 Å². The Labute approximate surface area is 146 Å². The van der Waals surface area contributed by atoms with Gasteiger partial charge in [-0.25, -0.2) is 15.0 Å². The number of nitrogens with zero attached hydrogens (tertiary/aromatic N) is 4. The number of hydrogen-bond donors (Lipinski definition) is 0. The van der Waals surface area contributed by atoms with Gasteiger partial charge in [-0.3, -0.25) is 4.79 Å². The fourth-order valence-electron chi connectivity index (χ4n) is 4.03. The van der Waals surface area contributed by atoms with Gasteiger partial charge in [0.1, 0.15) is 4.88 Å². The number of amides is 1. The van der Waals surface area contributed by atoms with Crippen LogP contribution >= 0.6 is 11.3 Å². The smallest absolute Gasteiger partial charge is 0.265 e. The summed E-state index contributed by atoms with van der Waals surface area (Å²) in [4.78, 5) is 28.2. The van der Waals surface area contributed by atoms with Gasteiger partial charge in [0, 0.05) is 25.5 Å². The van der Waals surface area contributed by atoms with Crippen LogP contribution < -0.4 is 0 Å². The number of likely N-dealkylation sites (tertiary alicyclic amines) is 1. The SMILES string of the molecule is O=C(c1cnc(-c2ncccn2)s1)N1CCC2(CCCCC2)CC1. The maximum atomic E-state index is 12.8. The van der Waals surface area contributed by atoms with Crippen LogP contribution in [-0.4, -0.2) is 38.8 Å². The number of carbonyl (C=O) groups is 1. The van der Waals surface area contributed by atoms with E-state index in [-0.39, 0.29) is 5.91 Å². The molecule has 0 atom stereocenters. The van der Waals surface area contributed by atoms with Crippen LogP contribution in [0.25, 0.3) is 10.8 Å². The average molecular weight is 342 g/mol. The summed E-state index contributed by atoms with van der Waals surface area (Å²) in [6.45, 7) is 1.77. The average Bonchev–Trinajstić information content (AvgIpc) is 3.13. The van der Waals surface area contributed by atoms with E-state index in [4.69, 9.17) is 0 Å². The maximum absolute atomic E-state index is 12.8. The van der Waals surface area contributed by atoms with Gasteiger partial charge < -0.3 is 4.90 Å². The second-order valence-corrected chi connectivity index (χ2v) is 7.99. The molecule has 4 rings (SSSR count). The van der Waals surface area contributed by atoms with Crippen LogP contribution in [-0.2, 0) is 0 Å². The lowest BCUT2D eigenvalue weighted by Gasteiger charge is -2.44. The highest BCUT2D eigenvalue weighted by molar-refractivity contribution is 7.16. The van der Waals surface area contributed by atoms with Crippen LogP contribution in [0.4, 0.5) is 0 Å². The molecule has 0 N–H and O–H groups in total. The number of carbonyl (C=O) groups excluding carboxylic acids is 1. The lowest BCUT2D eigenvalue weighted by Crippen LogP contribution is -2.43. The Hall–Kier alpha value is -1.82. The molecule has 24 heavy (non-hydrogen) atoms. The molecule has 6 heteroatoms. The Morgan fingerprint density at radius 2 is 1.71 bits per heavy atom. The van der Waals surface area contributed by atoms with Gasteiger partial charge in [-0.15, -0.1) is 11.3 Å². The molecule has 0 unspecified atom stereocenters. The van der Waals surface area contributed by atoms with E-state index in [1.54, 1.807) is 24.7 Å². The molecule has 1 aliphatic heterocycles. The standard InChI is InChI=1S/C18H22N4OS/c23-17(14-13-21-16(24-14)15-19-9-4-10-20-15)22-11-7-18(8-12-22)5-2-1-3-6-18/h4,9-10,13H,1-3,5-8,11-12H2. The number of thiazole rings is 1. The summed E-state index contributed by atoms with van der Waals surface area (Å²) >= 11 is 1.39. The minimum Gasteiger partial charge on any atom is -0.338 e. The summed E-state index contributed by atoms with van der Waals surface area (Å²) in [6, 6.07) is 1.78. The maximum Gasteiger partial charge on any atom is 0.265 e. The first-order chi connectivity index (χ1) is 11.8. The van der Waals surface area contributed by atoms with Crippen LogP contribution in [0.15, 0.2) is 24.7 Å². The van der Waals surface area contributed by atoms with Gasteiger partial charge in [-0.05, 0) is 37.2 Å². The van der Waals surface area contributed by atoms with Crippen molar-refractivity contribution < 1.29 is 4.79 Å². The van der Waals surface area contributed by atoms with Gasteiger partial charge in [-0.2, -0.15) is 0 Å². The third-order valence-corrected chi connectivity index (χ3v) is 6.48. The summed E-state index contributed by atoms with van der Waals surface area (Å²) in [6.07, 6.45) is 14.2. The molecule has 2 fully saturated rings. The number of piperidine rings is 1. The Morgan fingerprint density at radius 3 is 2.42 bits per heavy atom. The summed E-state index contributed by atoms with van der Waals surface area (Å²) in [5.74, 6) is 0.696. The molecule has 1 amide bonds. The normalized spacial score (nSPS) is 20.2. The van der Waals surface area contributed by atoms with E-state index in [2.05, 4.69) is 15.0 Å². The Bertz CT molecular complexity index is 699. The third kappa shape index (κ3) is 3.07. The first-order valence-electron chi connectivity index (χ1n) is 8.78. The highest BCUT2D eigenvalue weighted by Gasteiger charge is 2.37. The molecule has 2 aromatic rings. The lowest BCUT2D eigenvalue weighted by molar-refractivity contribution is 0.0476. The number of aromatic nitrogens is 3. The van der Waals surface area contributed by atoms with E-state index in [9.17, 15) is 4.79 Å².